The third-order valence-corrected chi connectivity index (χ3v) is 2.58. The Hall–Kier alpha value is -1.81. The van der Waals surface area contributed by atoms with E-state index in [4.69, 9.17) is 22.1 Å². The summed E-state index contributed by atoms with van der Waals surface area (Å²) < 4.78 is 5.53. The SMILES string of the molecule is CCc1ccc(Oc2ncncc2Cl)c(N)c1. The van der Waals surface area contributed by atoms with E-state index in [-0.39, 0.29) is 0 Å². The third-order valence-electron chi connectivity index (χ3n) is 2.32. The van der Waals surface area contributed by atoms with Crippen LogP contribution in [0.5, 0.6) is 11.6 Å². The number of nitrogens with zero attached hydrogens (tertiary/aromatic N) is 2. The van der Waals surface area contributed by atoms with Gasteiger partial charge in [0.15, 0.2) is 5.75 Å². The molecule has 0 radical (unpaired) electrons. The fraction of sp³-hybridized carbons (Fsp3) is 0.167. The smallest absolute Gasteiger partial charge is 0.241 e. The van der Waals surface area contributed by atoms with Crippen molar-refractivity contribution in [3.05, 3.63) is 41.3 Å². The van der Waals surface area contributed by atoms with Gasteiger partial charge in [-0.15, -0.1) is 0 Å². The molecule has 2 rings (SSSR count). The van der Waals surface area contributed by atoms with Gasteiger partial charge in [-0.2, -0.15) is 0 Å². The first-order valence-electron chi connectivity index (χ1n) is 5.22. The van der Waals surface area contributed by atoms with Gasteiger partial charge in [-0.25, -0.2) is 9.97 Å². The molecule has 5 heteroatoms. The second-order valence-electron chi connectivity index (χ2n) is 3.50. The largest absolute Gasteiger partial charge is 0.435 e. The lowest BCUT2D eigenvalue weighted by molar-refractivity contribution is 0.464. The van der Waals surface area contributed by atoms with E-state index in [0.717, 1.165) is 12.0 Å². The summed E-state index contributed by atoms with van der Waals surface area (Å²) in [6, 6.07) is 5.65. The Morgan fingerprint density at radius 3 is 2.88 bits per heavy atom. The van der Waals surface area contributed by atoms with Crippen molar-refractivity contribution in [2.45, 2.75) is 13.3 Å². The molecule has 0 aliphatic rings. The fourth-order valence-electron chi connectivity index (χ4n) is 1.39. The predicted octanol–water partition coefficient (Wildman–Crippen LogP) is 3.07. The van der Waals surface area contributed by atoms with Crippen LogP contribution in [-0.2, 0) is 6.42 Å². The number of aromatic nitrogens is 2. The molecule has 2 aromatic rings. The Kier molecular flexibility index (Phi) is 3.44. The molecule has 0 spiro atoms. The van der Waals surface area contributed by atoms with E-state index in [0.29, 0.717) is 22.3 Å². The minimum Gasteiger partial charge on any atom is -0.435 e. The van der Waals surface area contributed by atoms with Gasteiger partial charge in [0.25, 0.3) is 0 Å². The molecule has 0 aliphatic carbocycles. The lowest BCUT2D eigenvalue weighted by Crippen LogP contribution is -1.95. The maximum absolute atomic E-state index is 5.89. The van der Waals surface area contributed by atoms with Crippen LogP contribution < -0.4 is 10.5 Å². The molecule has 0 fully saturated rings. The molecular weight excluding hydrogens is 238 g/mol. The van der Waals surface area contributed by atoms with E-state index < -0.39 is 0 Å². The summed E-state index contributed by atoms with van der Waals surface area (Å²) in [5, 5.41) is 0.353. The van der Waals surface area contributed by atoms with Crippen molar-refractivity contribution in [3.63, 3.8) is 0 Å². The topological polar surface area (TPSA) is 61.0 Å². The Balaban J connectivity index is 2.28. The molecule has 2 N–H and O–H groups in total. The van der Waals surface area contributed by atoms with Crippen LogP contribution in [0.3, 0.4) is 0 Å². The van der Waals surface area contributed by atoms with Gasteiger partial charge in [0.2, 0.25) is 5.88 Å². The second-order valence-corrected chi connectivity index (χ2v) is 3.91. The third kappa shape index (κ3) is 2.65. The van der Waals surface area contributed by atoms with Gasteiger partial charge in [-0.3, -0.25) is 0 Å². The maximum Gasteiger partial charge on any atom is 0.241 e. The molecule has 0 atom stereocenters. The van der Waals surface area contributed by atoms with Crippen molar-refractivity contribution in [1.82, 2.24) is 9.97 Å². The van der Waals surface area contributed by atoms with Crippen molar-refractivity contribution in [2.24, 2.45) is 0 Å². The molecule has 4 nitrogen and oxygen atoms in total. The van der Waals surface area contributed by atoms with Crippen LogP contribution in [0.2, 0.25) is 5.02 Å². The monoisotopic (exact) mass is 249 g/mol. The van der Waals surface area contributed by atoms with Crippen LogP contribution in [-0.4, -0.2) is 9.97 Å². The first-order valence-corrected chi connectivity index (χ1v) is 5.60. The lowest BCUT2D eigenvalue weighted by Gasteiger charge is -2.09. The van der Waals surface area contributed by atoms with Gasteiger partial charge in [-0.1, -0.05) is 24.6 Å². The number of benzene rings is 1. The molecule has 0 saturated carbocycles. The standard InChI is InChI=1S/C12H12ClN3O/c1-2-8-3-4-11(10(14)5-8)17-12-9(13)6-15-7-16-12/h3-7H,2,14H2,1H3. The molecule has 0 saturated heterocycles. The number of aryl methyl sites for hydroxylation is 1. The number of rotatable bonds is 3. The van der Waals surface area contributed by atoms with Crippen LogP contribution in [0.4, 0.5) is 5.69 Å². The summed E-state index contributed by atoms with van der Waals surface area (Å²) in [4.78, 5) is 7.72. The van der Waals surface area contributed by atoms with Crippen LogP contribution in [0.25, 0.3) is 0 Å². The van der Waals surface area contributed by atoms with Gasteiger partial charge < -0.3 is 10.5 Å². The zero-order valence-corrected chi connectivity index (χ0v) is 10.1. The number of hydrogen-bond donors (Lipinski definition) is 1. The van der Waals surface area contributed by atoms with Crippen molar-refractivity contribution >= 4 is 17.3 Å². The number of ether oxygens (including phenoxy) is 1. The number of halogens is 1. The second kappa shape index (κ2) is 5.01. The zero-order valence-electron chi connectivity index (χ0n) is 9.35. The average Bonchev–Trinajstić information content (AvgIpc) is 2.34. The van der Waals surface area contributed by atoms with Crippen LogP contribution in [0.1, 0.15) is 12.5 Å². The molecule has 0 aliphatic heterocycles. The first-order chi connectivity index (χ1) is 8.20. The molecule has 1 aromatic carbocycles. The zero-order chi connectivity index (χ0) is 12.3. The molecule has 0 unspecified atom stereocenters. The molecule has 1 aromatic heterocycles. The summed E-state index contributed by atoms with van der Waals surface area (Å²) in [6.07, 6.45) is 3.77. The van der Waals surface area contributed by atoms with Gasteiger partial charge in [-0.05, 0) is 24.1 Å². The predicted molar refractivity (Wildman–Crippen MR) is 67.3 cm³/mol. The van der Waals surface area contributed by atoms with E-state index >= 15 is 0 Å². The number of anilines is 1. The number of nitrogen functional groups attached to an aromatic ring is 1. The summed E-state index contributed by atoms with van der Waals surface area (Å²) in [7, 11) is 0. The van der Waals surface area contributed by atoms with E-state index in [1.807, 2.05) is 18.2 Å². The van der Waals surface area contributed by atoms with Crippen molar-refractivity contribution < 1.29 is 4.74 Å². The first kappa shape index (κ1) is 11.7. The molecule has 0 bridgehead atoms. The summed E-state index contributed by atoms with van der Waals surface area (Å²) in [5.74, 6) is 0.848. The highest BCUT2D eigenvalue weighted by molar-refractivity contribution is 6.31. The summed E-state index contributed by atoms with van der Waals surface area (Å²) in [5.41, 5.74) is 7.61. The molecule has 0 amide bonds. The highest BCUT2D eigenvalue weighted by Gasteiger charge is 2.07. The minimum atomic E-state index is 0.303. The average molecular weight is 250 g/mol. The van der Waals surface area contributed by atoms with Crippen LogP contribution in [0.15, 0.2) is 30.7 Å². The van der Waals surface area contributed by atoms with Gasteiger partial charge >= 0.3 is 0 Å². The Labute approximate surface area is 104 Å². The maximum atomic E-state index is 5.89. The fourth-order valence-corrected chi connectivity index (χ4v) is 1.54. The van der Waals surface area contributed by atoms with Crippen LogP contribution in [0, 0.1) is 0 Å². The van der Waals surface area contributed by atoms with E-state index in [2.05, 4.69) is 16.9 Å². The van der Waals surface area contributed by atoms with Gasteiger partial charge in [0.1, 0.15) is 11.3 Å². The van der Waals surface area contributed by atoms with Crippen molar-refractivity contribution in [1.29, 1.82) is 0 Å². The van der Waals surface area contributed by atoms with E-state index in [1.165, 1.54) is 12.5 Å². The van der Waals surface area contributed by atoms with E-state index in [9.17, 15) is 0 Å². The molecule has 1 heterocycles. The Morgan fingerprint density at radius 2 is 2.24 bits per heavy atom. The van der Waals surface area contributed by atoms with E-state index in [1.54, 1.807) is 0 Å². The summed E-state index contributed by atoms with van der Waals surface area (Å²) in [6.45, 7) is 2.07. The van der Waals surface area contributed by atoms with Crippen LogP contribution >= 0.6 is 11.6 Å². The Bertz CT molecular complexity index is 531. The lowest BCUT2D eigenvalue weighted by atomic mass is 10.1. The highest BCUT2D eigenvalue weighted by Crippen LogP contribution is 2.30. The molecular formula is C12H12ClN3O. The highest BCUT2D eigenvalue weighted by atomic mass is 35.5. The van der Waals surface area contributed by atoms with Gasteiger partial charge in [0.05, 0.1) is 11.9 Å². The number of hydrogen-bond acceptors (Lipinski definition) is 4. The normalized spacial score (nSPS) is 10.2. The molecule has 17 heavy (non-hydrogen) atoms. The Morgan fingerprint density at radius 1 is 1.41 bits per heavy atom. The van der Waals surface area contributed by atoms with Gasteiger partial charge in [0, 0.05) is 0 Å². The number of nitrogens with two attached hydrogens (primary N) is 1. The molecule has 88 valence electrons. The van der Waals surface area contributed by atoms with Crippen molar-refractivity contribution in [2.75, 3.05) is 5.73 Å². The minimum absolute atomic E-state index is 0.303. The summed E-state index contributed by atoms with van der Waals surface area (Å²) >= 11 is 5.89. The quantitative estimate of drug-likeness (QED) is 0.850. The van der Waals surface area contributed by atoms with Crippen molar-refractivity contribution in [3.8, 4) is 11.6 Å².